The molecule has 1 aliphatic heterocycles. The lowest BCUT2D eigenvalue weighted by molar-refractivity contribution is -0.135. The van der Waals surface area contributed by atoms with Crippen LogP contribution in [0.1, 0.15) is 0 Å². The Labute approximate surface area is 75.2 Å². The summed E-state index contributed by atoms with van der Waals surface area (Å²) >= 11 is 5.53. The Hall–Kier alpha value is -0.870. The van der Waals surface area contributed by atoms with Crippen LogP contribution < -0.4 is 5.32 Å². The number of rotatable bonds is 2. The van der Waals surface area contributed by atoms with Crippen LogP contribution in [-0.4, -0.2) is 36.3 Å². The van der Waals surface area contributed by atoms with Gasteiger partial charge in [-0.1, -0.05) is 18.2 Å². The number of hydrogen-bond donors (Lipinski definition) is 1. The maximum atomic E-state index is 10.8. The summed E-state index contributed by atoms with van der Waals surface area (Å²) in [6.45, 7) is 4.27. The minimum absolute atomic E-state index is 0.206. The highest BCUT2D eigenvalue weighted by Crippen LogP contribution is 2.02. The zero-order chi connectivity index (χ0) is 9.14. The second-order valence-electron chi connectivity index (χ2n) is 2.63. The van der Waals surface area contributed by atoms with Gasteiger partial charge in [-0.3, -0.25) is 19.8 Å². The topological polar surface area (TPSA) is 49.4 Å². The van der Waals surface area contributed by atoms with E-state index in [1.807, 2.05) is 0 Å². The molecule has 0 aromatic rings. The van der Waals surface area contributed by atoms with Gasteiger partial charge in [-0.05, 0) is 0 Å². The monoisotopic (exact) mass is 188 g/mol. The molecule has 0 radical (unpaired) electrons. The van der Waals surface area contributed by atoms with Crippen molar-refractivity contribution in [2.24, 2.45) is 0 Å². The van der Waals surface area contributed by atoms with E-state index < -0.39 is 0 Å². The molecule has 1 saturated heterocycles. The van der Waals surface area contributed by atoms with E-state index >= 15 is 0 Å². The molecule has 1 heterocycles. The Bertz CT molecular complexity index is 221. The minimum Gasteiger partial charge on any atom is -0.294 e. The molecule has 1 N–H and O–H groups in total. The van der Waals surface area contributed by atoms with Crippen molar-refractivity contribution in [3.05, 3.63) is 11.6 Å². The molecular formula is C7H9ClN2O2. The average molecular weight is 189 g/mol. The molecule has 0 spiro atoms. The first-order valence-electron chi connectivity index (χ1n) is 3.46. The molecule has 1 aliphatic rings. The van der Waals surface area contributed by atoms with Gasteiger partial charge in [0.1, 0.15) is 0 Å². The van der Waals surface area contributed by atoms with Crippen molar-refractivity contribution in [1.82, 2.24) is 10.2 Å². The maximum absolute atomic E-state index is 10.8. The Kier molecular flexibility index (Phi) is 2.83. The largest absolute Gasteiger partial charge is 0.294 e. The molecule has 1 fully saturated rings. The second-order valence-corrected chi connectivity index (χ2v) is 3.17. The van der Waals surface area contributed by atoms with Crippen molar-refractivity contribution in [3.8, 4) is 0 Å². The Morgan fingerprint density at radius 1 is 1.50 bits per heavy atom. The van der Waals surface area contributed by atoms with Crippen LogP contribution in [0.25, 0.3) is 0 Å². The first kappa shape index (κ1) is 9.22. The fourth-order valence-corrected chi connectivity index (χ4v) is 1.22. The molecule has 5 heteroatoms. The third-order valence-electron chi connectivity index (χ3n) is 1.41. The lowest BCUT2D eigenvalue weighted by Gasteiger charge is -2.24. The van der Waals surface area contributed by atoms with Crippen LogP contribution in [0.4, 0.5) is 0 Å². The Balaban J connectivity index is 2.49. The van der Waals surface area contributed by atoms with E-state index in [-0.39, 0.29) is 24.9 Å². The van der Waals surface area contributed by atoms with Gasteiger partial charge >= 0.3 is 0 Å². The number of piperazine rings is 1. The van der Waals surface area contributed by atoms with Crippen molar-refractivity contribution in [3.63, 3.8) is 0 Å². The van der Waals surface area contributed by atoms with Crippen molar-refractivity contribution in [1.29, 1.82) is 0 Å². The molecule has 0 aromatic carbocycles. The molecule has 0 aliphatic carbocycles. The Morgan fingerprint density at radius 3 is 2.42 bits per heavy atom. The molecule has 0 saturated carbocycles. The fourth-order valence-electron chi connectivity index (χ4n) is 1.05. The van der Waals surface area contributed by atoms with Crippen LogP contribution in [0.3, 0.4) is 0 Å². The molecule has 2 amide bonds. The van der Waals surface area contributed by atoms with Gasteiger partial charge < -0.3 is 0 Å². The van der Waals surface area contributed by atoms with Crippen LogP contribution >= 0.6 is 11.6 Å². The first-order chi connectivity index (χ1) is 5.58. The van der Waals surface area contributed by atoms with Gasteiger partial charge in [0.15, 0.2) is 0 Å². The summed E-state index contributed by atoms with van der Waals surface area (Å²) in [4.78, 5) is 23.3. The molecular weight excluding hydrogens is 180 g/mol. The van der Waals surface area contributed by atoms with Crippen LogP contribution in [0.2, 0.25) is 0 Å². The van der Waals surface area contributed by atoms with E-state index in [9.17, 15) is 9.59 Å². The maximum Gasteiger partial charge on any atom is 0.240 e. The number of halogens is 1. The van der Waals surface area contributed by atoms with E-state index in [2.05, 4.69) is 11.9 Å². The third kappa shape index (κ3) is 2.64. The number of nitrogens with zero attached hydrogens (tertiary/aromatic N) is 1. The SMILES string of the molecule is C=C(Cl)CN1CC(=O)NC(=O)C1. The summed E-state index contributed by atoms with van der Waals surface area (Å²) in [5.41, 5.74) is 0. The lowest BCUT2D eigenvalue weighted by Crippen LogP contribution is -2.51. The summed E-state index contributed by atoms with van der Waals surface area (Å²) in [6, 6.07) is 0. The van der Waals surface area contributed by atoms with Crippen molar-refractivity contribution < 1.29 is 9.59 Å². The van der Waals surface area contributed by atoms with Crippen LogP contribution in [-0.2, 0) is 9.59 Å². The molecule has 66 valence electrons. The first-order valence-corrected chi connectivity index (χ1v) is 3.84. The highest BCUT2D eigenvalue weighted by atomic mass is 35.5. The molecule has 12 heavy (non-hydrogen) atoms. The summed E-state index contributed by atoms with van der Waals surface area (Å²) in [7, 11) is 0. The lowest BCUT2D eigenvalue weighted by atomic mass is 10.3. The number of amides is 2. The predicted molar refractivity (Wildman–Crippen MR) is 44.6 cm³/mol. The van der Waals surface area contributed by atoms with Gasteiger partial charge in [0.25, 0.3) is 0 Å². The van der Waals surface area contributed by atoms with Gasteiger partial charge in [0.05, 0.1) is 13.1 Å². The predicted octanol–water partition coefficient (Wildman–Crippen LogP) is -0.303. The normalized spacial score (nSPS) is 19.1. The summed E-state index contributed by atoms with van der Waals surface area (Å²) in [5.74, 6) is -0.576. The standard InChI is InChI=1S/C7H9ClN2O2/c1-5(8)2-10-3-6(11)9-7(12)4-10/h1-4H2,(H,9,11,12). The molecule has 0 unspecified atom stereocenters. The summed E-state index contributed by atoms with van der Waals surface area (Å²) in [6.07, 6.45) is 0. The van der Waals surface area contributed by atoms with E-state index in [1.165, 1.54) is 0 Å². The smallest absolute Gasteiger partial charge is 0.240 e. The van der Waals surface area contributed by atoms with E-state index in [4.69, 9.17) is 11.6 Å². The molecule has 1 rings (SSSR count). The highest BCUT2D eigenvalue weighted by Gasteiger charge is 2.21. The number of carbonyl (C=O) groups excluding carboxylic acids is 2. The van der Waals surface area contributed by atoms with Gasteiger partial charge in [0.2, 0.25) is 11.8 Å². The van der Waals surface area contributed by atoms with Gasteiger partial charge in [-0.15, -0.1) is 0 Å². The van der Waals surface area contributed by atoms with Gasteiger partial charge in [-0.2, -0.15) is 0 Å². The van der Waals surface area contributed by atoms with Crippen LogP contribution in [0.15, 0.2) is 11.6 Å². The third-order valence-corrected chi connectivity index (χ3v) is 1.53. The van der Waals surface area contributed by atoms with Crippen molar-refractivity contribution >= 4 is 23.4 Å². The van der Waals surface area contributed by atoms with Crippen molar-refractivity contribution in [2.45, 2.75) is 0 Å². The van der Waals surface area contributed by atoms with E-state index in [0.29, 0.717) is 11.6 Å². The molecule has 4 nitrogen and oxygen atoms in total. The zero-order valence-corrected chi connectivity index (χ0v) is 7.23. The fraction of sp³-hybridized carbons (Fsp3) is 0.429. The number of imide groups is 1. The zero-order valence-electron chi connectivity index (χ0n) is 6.47. The average Bonchev–Trinajstić information content (AvgIpc) is 1.81. The summed E-state index contributed by atoms with van der Waals surface area (Å²) in [5, 5.41) is 2.62. The van der Waals surface area contributed by atoms with Crippen LogP contribution in [0, 0.1) is 0 Å². The minimum atomic E-state index is -0.288. The van der Waals surface area contributed by atoms with Gasteiger partial charge in [0, 0.05) is 11.6 Å². The van der Waals surface area contributed by atoms with Gasteiger partial charge in [-0.25, -0.2) is 0 Å². The number of nitrogens with one attached hydrogen (secondary N) is 1. The second kappa shape index (κ2) is 3.69. The molecule has 0 atom stereocenters. The highest BCUT2D eigenvalue weighted by molar-refractivity contribution is 6.29. The summed E-state index contributed by atoms with van der Waals surface area (Å²) < 4.78 is 0. The molecule has 0 bridgehead atoms. The molecule has 0 aromatic heterocycles. The number of carbonyl (C=O) groups is 2. The van der Waals surface area contributed by atoms with Crippen LogP contribution in [0.5, 0.6) is 0 Å². The van der Waals surface area contributed by atoms with Crippen molar-refractivity contribution in [2.75, 3.05) is 19.6 Å². The Morgan fingerprint density at radius 2 is 2.00 bits per heavy atom. The van der Waals surface area contributed by atoms with E-state index in [0.717, 1.165) is 0 Å². The van der Waals surface area contributed by atoms with E-state index in [1.54, 1.807) is 4.90 Å². The quantitative estimate of drug-likeness (QED) is 0.606. The number of hydrogen-bond acceptors (Lipinski definition) is 3.